The highest BCUT2D eigenvalue weighted by Gasteiger charge is 2.39. The van der Waals surface area contributed by atoms with E-state index in [0.29, 0.717) is 26.4 Å². The number of hydrogen-bond donors (Lipinski definition) is 0. The fourth-order valence-corrected chi connectivity index (χ4v) is 5.74. The Bertz CT molecular complexity index is 457. The summed E-state index contributed by atoms with van der Waals surface area (Å²) in [6.45, 7) is 10.7. The van der Waals surface area contributed by atoms with Crippen LogP contribution in [0, 0.1) is 0 Å². The number of hydrogen-bond acceptors (Lipinski definition) is 6. The topological polar surface area (TPSA) is 71.3 Å². The molecule has 7 nitrogen and oxygen atoms in total. The van der Waals surface area contributed by atoms with Crippen LogP contribution in [0.25, 0.3) is 0 Å². The van der Waals surface area contributed by atoms with Gasteiger partial charge in [0.05, 0.1) is 6.54 Å². The second-order valence-corrected chi connectivity index (χ2v) is 9.49. The highest BCUT2D eigenvalue weighted by molar-refractivity contribution is 6.60. The first kappa shape index (κ1) is 24.2. The van der Waals surface area contributed by atoms with E-state index in [2.05, 4.69) is 22.3 Å². The van der Waals surface area contributed by atoms with Gasteiger partial charge in [0.1, 0.15) is 0 Å². The molecule has 0 unspecified atom stereocenters. The molecule has 158 valence electrons. The van der Waals surface area contributed by atoms with Crippen LogP contribution in [0.2, 0.25) is 6.04 Å². The van der Waals surface area contributed by atoms with Gasteiger partial charge < -0.3 is 13.3 Å². The monoisotopic (exact) mass is 400 g/mol. The Labute approximate surface area is 166 Å². The van der Waals surface area contributed by atoms with Gasteiger partial charge in [0.15, 0.2) is 5.82 Å². The number of tetrazole rings is 1. The summed E-state index contributed by atoms with van der Waals surface area (Å²) in [6, 6.07) is 0.775. The van der Waals surface area contributed by atoms with Gasteiger partial charge in [0.25, 0.3) is 0 Å². The van der Waals surface area contributed by atoms with Gasteiger partial charge in [-0.25, -0.2) is 0 Å². The summed E-state index contributed by atoms with van der Waals surface area (Å²) in [5.74, 6) is 0.853. The van der Waals surface area contributed by atoms with Crippen LogP contribution in [0.4, 0.5) is 0 Å². The Morgan fingerprint density at radius 1 is 0.778 bits per heavy atom. The van der Waals surface area contributed by atoms with Crippen molar-refractivity contribution in [3.8, 4) is 0 Å². The normalized spacial score (nSPS) is 12.0. The van der Waals surface area contributed by atoms with Crippen molar-refractivity contribution < 1.29 is 13.3 Å². The number of aryl methyl sites for hydroxylation is 2. The second-order valence-electron chi connectivity index (χ2n) is 6.76. The zero-order chi connectivity index (χ0) is 19.8. The fraction of sp³-hybridized carbons (Fsp3) is 0.947. The fourth-order valence-electron chi connectivity index (χ4n) is 3.15. The third-order valence-corrected chi connectivity index (χ3v) is 7.58. The predicted octanol–water partition coefficient (Wildman–Crippen LogP) is 4.40. The van der Waals surface area contributed by atoms with Crippen LogP contribution in [0.5, 0.6) is 0 Å². The van der Waals surface area contributed by atoms with E-state index in [4.69, 9.17) is 13.3 Å². The van der Waals surface area contributed by atoms with E-state index in [1.165, 1.54) is 38.5 Å². The van der Waals surface area contributed by atoms with Gasteiger partial charge in [-0.1, -0.05) is 45.4 Å². The quantitative estimate of drug-likeness (QED) is 0.268. The Morgan fingerprint density at radius 2 is 1.37 bits per heavy atom. The molecule has 0 spiro atoms. The smallest absolute Gasteiger partial charge is 0.374 e. The molecular weight excluding hydrogens is 360 g/mol. The third-order valence-electron chi connectivity index (χ3n) is 4.43. The van der Waals surface area contributed by atoms with Crippen molar-refractivity contribution in [2.24, 2.45) is 0 Å². The molecule has 0 aliphatic carbocycles. The summed E-state index contributed by atoms with van der Waals surface area (Å²) in [7, 11) is -2.57. The van der Waals surface area contributed by atoms with Gasteiger partial charge in [0.2, 0.25) is 0 Å². The van der Waals surface area contributed by atoms with E-state index in [9.17, 15) is 0 Å². The van der Waals surface area contributed by atoms with E-state index in [-0.39, 0.29) is 0 Å². The van der Waals surface area contributed by atoms with E-state index < -0.39 is 8.80 Å². The maximum Gasteiger partial charge on any atom is 0.500 e. The largest absolute Gasteiger partial charge is 0.500 e. The van der Waals surface area contributed by atoms with Crippen molar-refractivity contribution in [1.29, 1.82) is 0 Å². The molecule has 1 heterocycles. The molecule has 0 amide bonds. The minimum absolute atomic E-state index is 0.608. The number of unbranched alkanes of at least 4 members (excludes halogenated alkanes) is 6. The summed E-state index contributed by atoms with van der Waals surface area (Å²) in [5.41, 5.74) is 0. The van der Waals surface area contributed by atoms with Crippen LogP contribution in [0.15, 0.2) is 0 Å². The maximum atomic E-state index is 5.88. The van der Waals surface area contributed by atoms with Crippen LogP contribution < -0.4 is 0 Å². The first-order chi connectivity index (χ1) is 13.2. The molecule has 0 bridgehead atoms. The Morgan fingerprint density at radius 3 is 1.96 bits per heavy atom. The van der Waals surface area contributed by atoms with Crippen LogP contribution in [-0.4, -0.2) is 48.8 Å². The second kappa shape index (κ2) is 15.1. The van der Waals surface area contributed by atoms with Crippen molar-refractivity contribution in [2.45, 2.75) is 98.1 Å². The minimum atomic E-state index is -2.57. The molecule has 0 N–H and O–H groups in total. The van der Waals surface area contributed by atoms with E-state index in [1.54, 1.807) is 4.80 Å². The van der Waals surface area contributed by atoms with Crippen molar-refractivity contribution >= 4 is 8.80 Å². The molecule has 0 atom stereocenters. The molecule has 0 radical (unpaired) electrons. The number of nitrogens with zero attached hydrogens (tertiary/aromatic N) is 4. The van der Waals surface area contributed by atoms with Crippen molar-refractivity contribution in [3.63, 3.8) is 0 Å². The van der Waals surface area contributed by atoms with Gasteiger partial charge in [-0.05, 0) is 38.8 Å². The summed E-state index contributed by atoms with van der Waals surface area (Å²) in [6.07, 6.45) is 10.9. The zero-order valence-corrected chi connectivity index (χ0v) is 18.9. The zero-order valence-electron chi connectivity index (χ0n) is 17.9. The van der Waals surface area contributed by atoms with Crippen molar-refractivity contribution in [3.05, 3.63) is 5.82 Å². The molecule has 0 aromatic carbocycles. The lowest BCUT2D eigenvalue weighted by Gasteiger charge is -2.28. The molecular formula is C19H40N4O3Si. The molecule has 1 rings (SSSR count). The lowest BCUT2D eigenvalue weighted by atomic mass is 10.1. The maximum absolute atomic E-state index is 5.88. The lowest BCUT2D eigenvalue weighted by molar-refractivity contribution is 0.0703. The third kappa shape index (κ3) is 10.3. The van der Waals surface area contributed by atoms with Crippen LogP contribution in [0.3, 0.4) is 0 Å². The molecule has 0 saturated heterocycles. The molecule has 8 heteroatoms. The molecule has 0 aliphatic heterocycles. The summed E-state index contributed by atoms with van der Waals surface area (Å²) >= 11 is 0. The molecule has 27 heavy (non-hydrogen) atoms. The first-order valence-corrected chi connectivity index (χ1v) is 12.8. The average Bonchev–Trinajstić information content (AvgIpc) is 3.09. The van der Waals surface area contributed by atoms with Crippen LogP contribution in [-0.2, 0) is 26.2 Å². The van der Waals surface area contributed by atoms with E-state index in [0.717, 1.165) is 31.1 Å². The standard InChI is InChI=1S/C19H40N4O3Si/c1-5-9-10-11-12-13-14-16-19-20-22-23(21-19)17-15-18-27(24-6-2,25-7-3)26-8-4/h5-18H2,1-4H3. The number of aromatic nitrogens is 4. The SMILES string of the molecule is CCCCCCCCCc1nnn(CCC[Si](OCC)(OCC)OCC)n1. The molecule has 0 aliphatic rings. The van der Waals surface area contributed by atoms with Crippen molar-refractivity contribution in [2.75, 3.05) is 19.8 Å². The highest BCUT2D eigenvalue weighted by Crippen LogP contribution is 2.18. The average molecular weight is 401 g/mol. The molecule has 0 saturated carbocycles. The molecule has 1 aromatic heterocycles. The van der Waals surface area contributed by atoms with E-state index in [1.807, 2.05) is 20.8 Å². The lowest BCUT2D eigenvalue weighted by Crippen LogP contribution is -2.46. The predicted molar refractivity (Wildman–Crippen MR) is 110 cm³/mol. The highest BCUT2D eigenvalue weighted by atomic mass is 28.4. The van der Waals surface area contributed by atoms with Gasteiger partial charge >= 0.3 is 8.80 Å². The summed E-state index contributed by atoms with van der Waals surface area (Å²) in [5, 5.41) is 12.9. The Kier molecular flexibility index (Phi) is 13.6. The minimum Gasteiger partial charge on any atom is -0.374 e. The first-order valence-electron chi connectivity index (χ1n) is 10.9. The van der Waals surface area contributed by atoms with E-state index >= 15 is 0 Å². The van der Waals surface area contributed by atoms with Gasteiger partial charge in [-0.2, -0.15) is 4.80 Å². The molecule has 0 fully saturated rings. The van der Waals surface area contributed by atoms with Crippen molar-refractivity contribution in [1.82, 2.24) is 20.2 Å². The Balaban J connectivity index is 2.30. The van der Waals surface area contributed by atoms with Gasteiger partial charge in [-0.15, -0.1) is 10.2 Å². The van der Waals surface area contributed by atoms with Crippen LogP contribution >= 0.6 is 0 Å². The van der Waals surface area contributed by atoms with Gasteiger partial charge in [-0.3, -0.25) is 0 Å². The summed E-state index contributed by atoms with van der Waals surface area (Å²) < 4.78 is 17.6. The Hall–Kier alpha value is -0.833. The molecule has 1 aromatic rings. The van der Waals surface area contributed by atoms with Crippen LogP contribution in [0.1, 0.15) is 84.9 Å². The number of rotatable bonds is 18. The van der Waals surface area contributed by atoms with Gasteiger partial charge in [0, 0.05) is 32.3 Å². The summed E-state index contributed by atoms with van der Waals surface area (Å²) in [4.78, 5) is 1.69.